The van der Waals surface area contributed by atoms with Crippen LogP contribution in [0.3, 0.4) is 0 Å². The molecule has 1 aromatic heterocycles. The van der Waals surface area contributed by atoms with Crippen LogP contribution in [0.2, 0.25) is 0 Å². The lowest BCUT2D eigenvalue weighted by Gasteiger charge is -2.09. The van der Waals surface area contributed by atoms with E-state index in [1.54, 1.807) is 13.0 Å². The van der Waals surface area contributed by atoms with Gasteiger partial charge in [0.05, 0.1) is 17.0 Å². The fourth-order valence-corrected chi connectivity index (χ4v) is 2.00. The first-order valence-electron chi connectivity index (χ1n) is 6.18. The molecule has 0 aliphatic heterocycles. The van der Waals surface area contributed by atoms with Gasteiger partial charge in [0.2, 0.25) is 0 Å². The van der Waals surface area contributed by atoms with Gasteiger partial charge in [-0.15, -0.1) is 0 Å². The van der Waals surface area contributed by atoms with Crippen molar-refractivity contribution >= 4 is 17.3 Å². The van der Waals surface area contributed by atoms with Crippen molar-refractivity contribution in [3.05, 3.63) is 57.0 Å². The Kier molecular flexibility index (Phi) is 3.93. The SMILES string of the molecule is Cc1cc(C)c([N+](=O)[O-])cc1NCc1cc(C(=O)O)co1. The summed E-state index contributed by atoms with van der Waals surface area (Å²) in [5, 5.41) is 22.7. The molecule has 0 saturated carbocycles. The Hall–Kier alpha value is -2.83. The highest BCUT2D eigenvalue weighted by molar-refractivity contribution is 5.87. The lowest BCUT2D eigenvalue weighted by molar-refractivity contribution is -0.385. The zero-order chi connectivity index (χ0) is 15.6. The topological polar surface area (TPSA) is 106 Å². The van der Waals surface area contributed by atoms with Crippen molar-refractivity contribution in [2.45, 2.75) is 20.4 Å². The van der Waals surface area contributed by atoms with Crippen LogP contribution in [0.1, 0.15) is 27.2 Å². The Bertz CT molecular complexity index is 705. The minimum absolute atomic E-state index is 0.0359. The normalized spacial score (nSPS) is 10.4. The van der Waals surface area contributed by atoms with E-state index >= 15 is 0 Å². The summed E-state index contributed by atoms with van der Waals surface area (Å²) >= 11 is 0. The number of furan rings is 1. The van der Waals surface area contributed by atoms with Crippen LogP contribution >= 0.6 is 0 Å². The molecular weight excluding hydrogens is 276 g/mol. The molecule has 1 heterocycles. The Morgan fingerprint density at radius 2 is 2.05 bits per heavy atom. The summed E-state index contributed by atoms with van der Waals surface area (Å²) < 4.78 is 5.11. The highest BCUT2D eigenvalue weighted by Gasteiger charge is 2.14. The molecular formula is C14H14N2O5. The fraction of sp³-hybridized carbons (Fsp3) is 0.214. The quantitative estimate of drug-likeness (QED) is 0.647. The molecule has 2 aromatic rings. The summed E-state index contributed by atoms with van der Waals surface area (Å²) in [6.07, 6.45) is 1.16. The molecule has 1 aromatic carbocycles. The number of carboxylic acids is 1. The average Bonchev–Trinajstić information content (AvgIpc) is 2.86. The molecule has 110 valence electrons. The molecule has 0 radical (unpaired) electrons. The monoisotopic (exact) mass is 290 g/mol. The third kappa shape index (κ3) is 3.19. The van der Waals surface area contributed by atoms with Gasteiger partial charge in [-0.2, -0.15) is 0 Å². The van der Waals surface area contributed by atoms with Gasteiger partial charge in [0.15, 0.2) is 0 Å². The highest BCUT2D eigenvalue weighted by Crippen LogP contribution is 2.26. The highest BCUT2D eigenvalue weighted by atomic mass is 16.6. The van der Waals surface area contributed by atoms with Crippen molar-refractivity contribution in [1.82, 2.24) is 0 Å². The number of carbonyl (C=O) groups is 1. The predicted octanol–water partition coefficient (Wildman–Crippen LogP) is 3.11. The van der Waals surface area contributed by atoms with Gasteiger partial charge in [-0.25, -0.2) is 4.79 Å². The number of hydrogen-bond donors (Lipinski definition) is 2. The van der Waals surface area contributed by atoms with Crippen molar-refractivity contribution in [2.24, 2.45) is 0 Å². The number of anilines is 1. The van der Waals surface area contributed by atoms with E-state index in [4.69, 9.17) is 9.52 Å². The second-order valence-corrected chi connectivity index (χ2v) is 4.67. The molecule has 0 spiro atoms. The minimum atomic E-state index is -1.06. The number of nitrogens with one attached hydrogen (secondary N) is 1. The summed E-state index contributed by atoms with van der Waals surface area (Å²) in [7, 11) is 0. The number of aryl methyl sites for hydroxylation is 2. The Balaban J connectivity index is 2.17. The van der Waals surface area contributed by atoms with E-state index in [1.165, 1.54) is 12.1 Å². The van der Waals surface area contributed by atoms with Gasteiger partial charge in [0, 0.05) is 17.3 Å². The van der Waals surface area contributed by atoms with Crippen LogP contribution in [0.15, 0.2) is 28.9 Å². The first-order chi connectivity index (χ1) is 9.88. The Morgan fingerprint density at radius 3 is 2.62 bits per heavy atom. The second kappa shape index (κ2) is 5.66. The largest absolute Gasteiger partial charge is 0.478 e. The zero-order valence-corrected chi connectivity index (χ0v) is 11.5. The molecule has 0 unspecified atom stereocenters. The number of nitro benzene ring substituents is 1. The number of benzene rings is 1. The maximum absolute atomic E-state index is 10.9. The first kappa shape index (κ1) is 14.6. The van der Waals surface area contributed by atoms with E-state index in [2.05, 4.69) is 5.32 Å². The summed E-state index contributed by atoms with van der Waals surface area (Å²) in [4.78, 5) is 21.2. The van der Waals surface area contributed by atoms with Crippen LogP contribution in [-0.4, -0.2) is 16.0 Å². The number of hydrogen-bond acceptors (Lipinski definition) is 5. The maximum atomic E-state index is 10.9. The molecule has 0 aliphatic carbocycles. The molecule has 7 heteroatoms. The molecule has 0 aliphatic rings. The van der Waals surface area contributed by atoms with E-state index in [0.717, 1.165) is 11.8 Å². The molecule has 0 atom stereocenters. The summed E-state index contributed by atoms with van der Waals surface area (Å²) in [6.45, 7) is 3.76. The molecule has 2 rings (SSSR count). The van der Waals surface area contributed by atoms with Gasteiger partial charge < -0.3 is 14.8 Å². The number of nitro groups is 1. The summed E-state index contributed by atoms with van der Waals surface area (Å²) in [5.41, 5.74) is 2.17. The van der Waals surface area contributed by atoms with Crippen molar-refractivity contribution in [3.8, 4) is 0 Å². The Morgan fingerprint density at radius 1 is 1.33 bits per heavy atom. The fourth-order valence-electron chi connectivity index (χ4n) is 2.00. The van der Waals surface area contributed by atoms with Gasteiger partial charge in [0.1, 0.15) is 12.0 Å². The van der Waals surface area contributed by atoms with Gasteiger partial charge in [-0.1, -0.05) is 0 Å². The van der Waals surface area contributed by atoms with E-state index in [9.17, 15) is 14.9 Å². The van der Waals surface area contributed by atoms with Crippen molar-refractivity contribution in [2.75, 3.05) is 5.32 Å². The van der Waals surface area contributed by atoms with Crippen molar-refractivity contribution in [3.63, 3.8) is 0 Å². The van der Waals surface area contributed by atoms with Gasteiger partial charge in [-0.05, 0) is 31.5 Å². The van der Waals surface area contributed by atoms with Gasteiger partial charge in [-0.3, -0.25) is 10.1 Å². The molecule has 0 amide bonds. The second-order valence-electron chi connectivity index (χ2n) is 4.67. The van der Waals surface area contributed by atoms with Gasteiger partial charge in [0.25, 0.3) is 5.69 Å². The summed E-state index contributed by atoms with van der Waals surface area (Å²) in [6, 6.07) is 4.60. The van der Waals surface area contributed by atoms with Crippen LogP contribution < -0.4 is 5.32 Å². The van der Waals surface area contributed by atoms with Crippen LogP contribution in [0.25, 0.3) is 0 Å². The molecule has 0 saturated heterocycles. The van der Waals surface area contributed by atoms with Crippen LogP contribution in [-0.2, 0) is 6.54 Å². The van der Waals surface area contributed by atoms with Crippen LogP contribution in [0, 0.1) is 24.0 Å². The third-order valence-corrected chi connectivity index (χ3v) is 3.09. The van der Waals surface area contributed by atoms with Crippen LogP contribution in [0.5, 0.6) is 0 Å². The molecule has 0 bridgehead atoms. The number of aromatic carboxylic acids is 1. The maximum Gasteiger partial charge on any atom is 0.338 e. The molecule has 2 N–H and O–H groups in total. The van der Waals surface area contributed by atoms with Crippen molar-refractivity contribution in [1.29, 1.82) is 0 Å². The first-order valence-corrected chi connectivity index (χ1v) is 6.18. The number of nitrogens with zero attached hydrogens (tertiary/aromatic N) is 1. The zero-order valence-electron chi connectivity index (χ0n) is 11.5. The smallest absolute Gasteiger partial charge is 0.338 e. The lowest BCUT2D eigenvalue weighted by Crippen LogP contribution is -2.02. The van der Waals surface area contributed by atoms with E-state index in [0.29, 0.717) is 17.0 Å². The van der Waals surface area contributed by atoms with E-state index in [-0.39, 0.29) is 17.8 Å². The lowest BCUT2D eigenvalue weighted by atomic mass is 10.1. The summed E-state index contributed by atoms with van der Waals surface area (Å²) in [5.74, 6) is -0.623. The van der Waals surface area contributed by atoms with E-state index in [1.807, 2.05) is 6.92 Å². The molecule has 21 heavy (non-hydrogen) atoms. The van der Waals surface area contributed by atoms with Gasteiger partial charge >= 0.3 is 5.97 Å². The third-order valence-electron chi connectivity index (χ3n) is 3.09. The van der Waals surface area contributed by atoms with E-state index < -0.39 is 10.9 Å². The Labute approximate surface area is 120 Å². The van der Waals surface area contributed by atoms with Crippen LogP contribution in [0.4, 0.5) is 11.4 Å². The standard InChI is InChI=1S/C14H14N2O5/c1-8-3-9(2)13(16(19)20)5-12(8)15-6-11-4-10(7-21-11)14(17)18/h3-5,7,15H,6H2,1-2H3,(H,17,18). The minimum Gasteiger partial charge on any atom is -0.478 e. The molecule has 7 nitrogen and oxygen atoms in total. The number of rotatable bonds is 5. The number of carboxylic acid groups (broad SMARTS) is 1. The van der Waals surface area contributed by atoms with Crippen molar-refractivity contribution < 1.29 is 19.2 Å². The predicted molar refractivity (Wildman–Crippen MR) is 75.6 cm³/mol. The average molecular weight is 290 g/mol. The molecule has 0 fully saturated rings.